The van der Waals surface area contributed by atoms with E-state index >= 15 is 0 Å². The number of aryl methyl sites for hydroxylation is 2. The van der Waals surface area contributed by atoms with E-state index in [0.717, 1.165) is 12.0 Å². The van der Waals surface area contributed by atoms with E-state index in [4.69, 9.17) is 9.72 Å². The van der Waals surface area contributed by atoms with Crippen LogP contribution in [0.3, 0.4) is 0 Å². The van der Waals surface area contributed by atoms with Gasteiger partial charge in [-0.15, -0.1) is 0 Å². The maximum absolute atomic E-state index is 13.4. The Morgan fingerprint density at radius 2 is 1.70 bits per heavy atom. The molecule has 2 aliphatic carbocycles. The molecule has 7 rings (SSSR count). The summed E-state index contributed by atoms with van der Waals surface area (Å²) in [4.78, 5) is 69.9. The number of hydrogen-bond donors (Lipinski definition) is 0. The van der Waals surface area contributed by atoms with Gasteiger partial charge < -0.3 is 4.74 Å². The zero-order valence-electron chi connectivity index (χ0n) is 25.4. The number of benzene rings is 3. The lowest BCUT2D eigenvalue weighted by Crippen LogP contribution is -2.32. The van der Waals surface area contributed by atoms with Crippen LogP contribution in [-0.4, -0.2) is 40.1 Å². The Hall–Kier alpha value is -5.51. The number of anilines is 1. The maximum Gasteiger partial charge on any atom is 0.339 e. The molecule has 0 radical (unpaired) electrons. The molecule has 2 amide bonds. The molecule has 3 aliphatic rings. The van der Waals surface area contributed by atoms with Crippen LogP contribution in [0.5, 0.6) is 0 Å². The first-order valence-electron chi connectivity index (χ1n) is 15.1. The second-order valence-electron chi connectivity index (χ2n) is 12.3. The van der Waals surface area contributed by atoms with Gasteiger partial charge >= 0.3 is 5.97 Å². The zero-order valence-corrected chi connectivity index (χ0v) is 25.4. The van der Waals surface area contributed by atoms with Gasteiger partial charge in [-0.1, -0.05) is 54.1 Å². The number of ether oxygens (including phenoxy) is 1. The second-order valence-corrected chi connectivity index (χ2v) is 12.3. The van der Waals surface area contributed by atoms with E-state index < -0.39 is 23.3 Å². The number of carbonyl (C=O) groups is 4. The molecule has 4 unspecified atom stereocenters. The van der Waals surface area contributed by atoms with E-state index in [1.807, 2.05) is 19.9 Å². The van der Waals surface area contributed by atoms with E-state index in [1.54, 1.807) is 49.4 Å². The highest BCUT2D eigenvalue weighted by Gasteiger charge is 2.60. The molecule has 1 aliphatic heterocycles. The number of allylic oxidation sites excluding steroid dienone is 2. The minimum Gasteiger partial charge on any atom is -0.454 e. The molecule has 1 aromatic heterocycles. The number of nitrogens with zero attached hydrogens (tertiary/aromatic N) is 3. The lowest BCUT2D eigenvalue weighted by atomic mass is 9.82. The summed E-state index contributed by atoms with van der Waals surface area (Å²) in [6.07, 6.45) is 3.01. The minimum atomic E-state index is -0.746. The molecule has 4 atom stereocenters. The van der Waals surface area contributed by atoms with E-state index in [0.29, 0.717) is 33.4 Å². The molecule has 0 N–H and O–H groups in total. The standard InChI is InChI=1S/C36H29N3O7/c1-18-7-8-22(15-29(18)39(44)45)30(40)17-46-36(43)27-16-28(37-33-19(2)5-4-6-25(27)33)21-9-11-24(12-10-21)38-34(41)31-23-13-20(3)26(14-23)32(31)35(38)42/h4-13,15-16,23,26,31-32H,14,17H2,1-3H3. The lowest BCUT2D eigenvalue weighted by Gasteiger charge is -2.19. The molecule has 2 bridgehead atoms. The largest absolute Gasteiger partial charge is 0.454 e. The summed E-state index contributed by atoms with van der Waals surface area (Å²) in [5.41, 5.74) is 4.71. The van der Waals surface area contributed by atoms with Crippen molar-refractivity contribution < 1.29 is 28.8 Å². The van der Waals surface area contributed by atoms with Gasteiger partial charge in [0.15, 0.2) is 6.61 Å². The van der Waals surface area contributed by atoms with Gasteiger partial charge in [-0.3, -0.25) is 29.4 Å². The molecule has 10 nitrogen and oxygen atoms in total. The number of aromatic nitrogens is 1. The number of pyridine rings is 1. The number of nitro groups is 1. The summed E-state index contributed by atoms with van der Waals surface area (Å²) in [5.74, 6) is -1.98. The number of para-hydroxylation sites is 1. The third-order valence-corrected chi connectivity index (χ3v) is 9.63. The summed E-state index contributed by atoms with van der Waals surface area (Å²) in [6, 6.07) is 18.1. The molecule has 0 spiro atoms. The maximum atomic E-state index is 13.4. The number of amides is 2. The van der Waals surface area contributed by atoms with Crippen molar-refractivity contribution in [3.05, 3.63) is 111 Å². The van der Waals surface area contributed by atoms with Crippen molar-refractivity contribution in [3.8, 4) is 11.3 Å². The molecule has 10 heteroatoms. The third kappa shape index (κ3) is 4.60. The van der Waals surface area contributed by atoms with Crippen LogP contribution in [0.15, 0.2) is 78.4 Å². The Bertz CT molecular complexity index is 2050. The second kappa shape index (κ2) is 10.8. The highest BCUT2D eigenvalue weighted by Crippen LogP contribution is 2.56. The summed E-state index contributed by atoms with van der Waals surface area (Å²) in [5, 5.41) is 11.9. The molecular weight excluding hydrogens is 586 g/mol. The summed E-state index contributed by atoms with van der Waals surface area (Å²) in [7, 11) is 0. The molecule has 230 valence electrons. The van der Waals surface area contributed by atoms with Crippen LogP contribution in [0.2, 0.25) is 0 Å². The molecule has 1 saturated heterocycles. The Balaban J connectivity index is 1.15. The van der Waals surface area contributed by atoms with Crippen LogP contribution in [0.25, 0.3) is 22.2 Å². The van der Waals surface area contributed by atoms with Gasteiger partial charge in [-0.05, 0) is 62.8 Å². The summed E-state index contributed by atoms with van der Waals surface area (Å²) < 4.78 is 5.42. The topological polar surface area (TPSA) is 137 Å². The molecular formula is C36H29N3O7. The Labute approximate surface area is 263 Å². The quantitative estimate of drug-likeness (QED) is 0.0601. The predicted molar refractivity (Wildman–Crippen MR) is 169 cm³/mol. The SMILES string of the molecule is CC1=CC2CC1C1C(=O)N(c3ccc(-c4cc(C(=O)OCC(=O)c5ccc(C)c([N+](=O)[O-])c5)c5cccc(C)c5n4)cc3)C(=O)C21. The van der Waals surface area contributed by atoms with Crippen molar-refractivity contribution >= 4 is 45.8 Å². The van der Waals surface area contributed by atoms with Crippen LogP contribution >= 0.6 is 0 Å². The van der Waals surface area contributed by atoms with Gasteiger partial charge in [0.2, 0.25) is 17.6 Å². The Morgan fingerprint density at radius 3 is 2.43 bits per heavy atom. The first-order chi connectivity index (χ1) is 22.0. The van der Waals surface area contributed by atoms with Crippen LogP contribution < -0.4 is 4.90 Å². The van der Waals surface area contributed by atoms with Crippen LogP contribution in [-0.2, 0) is 14.3 Å². The minimum absolute atomic E-state index is 0.0685. The number of ketones is 1. The van der Waals surface area contributed by atoms with Crippen LogP contribution in [0.4, 0.5) is 11.4 Å². The van der Waals surface area contributed by atoms with Crippen molar-refractivity contribution in [2.45, 2.75) is 27.2 Å². The van der Waals surface area contributed by atoms with Gasteiger partial charge in [0.25, 0.3) is 5.69 Å². The molecule has 4 aromatic rings. The van der Waals surface area contributed by atoms with E-state index in [2.05, 4.69) is 6.08 Å². The normalized spacial score (nSPS) is 21.5. The highest BCUT2D eigenvalue weighted by atomic mass is 16.6. The molecule has 1 saturated carbocycles. The van der Waals surface area contributed by atoms with Gasteiger partial charge in [0, 0.05) is 28.1 Å². The number of fused-ring (bicyclic) bond motifs is 6. The van der Waals surface area contributed by atoms with Crippen molar-refractivity contribution in [1.29, 1.82) is 0 Å². The van der Waals surface area contributed by atoms with Gasteiger partial charge in [0.05, 0.1) is 39.2 Å². The fourth-order valence-electron chi connectivity index (χ4n) is 7.29. The Kier molecular flexibility index (Phi) is 6.88. The molecule has 2 fully saturated rings. The predicted octanol–water partition coefficient (Wildman–Crippen LogP) is 6.17. The first-order valence-corrected chi connectivity index (χ1v) is 15.1. The first kappa shape index (κ1) is 29.2. The van der Waals surface area contributed by atoms with Crippen LogP contribution in [0.1, 0.15) is 45.2 Å². The number of hydrogen-bond acceptors (Lipinski definition) is 8. The fourth-order valence-corrected chi connectivity index (χ4v) is 7.29. The Morgan fingerprint density at radius 1 is 0.957 bits per heavy atom. The average Bonchev–Trinajstić information content (AvgIpc) is 3.69. The molecule has 46 heavy (non-hydrogen) atoms. The van der Waals surface area contributed by atoms with E-state index in [9.17, 15) is 29.3 Å². The molecule has 3 aromatic carbocycles. The monoisotopic (exact) mass is 615 g/mol. The number of Topliss-reactive ketones (excluding diaryl/α,β-unsaturated/α-hetero) is 1. The van der Waals surface area contributed by atoms with Gasteiger partial charge in [0.1, 0.15) is 0 Å². The number of rotatable bonds is 7. The zero-order chi connectivity index (χ0) is 32.4. The summed E-state index contributed by atoms with van der Waals surface area (Å²) in [6.45, 7) is 4.88. The average molecular weight is 616 g/mol. The van der Waals surface area contributed by atoms with Crippen LogP contribution in [0, 0.1) is 47.6 Å². The summed E-state index contributed by atoms with van der Waals surface area (Å²) >= 11 is 0. The molecule has 2 heterocycles. The lowest BCUT2D eigenvalue weighted by molar-refractivity contribution is -0.385. The van der Waals surface area contributed by atoms with E-state index in [1.165, 1.54) is 28.7 Å². The van der Waals surface area contributed by atoms with Crippen molar-refractivity contribution in [1.82, 2.24) is 4.98 Å². The fraction of sp³-hybridized carbons (Fsp3) is 0.250. The smallest absolute Gasteiger partial charge is 0.339 e. The number of carbonyl (C=O) groups excluding carboxylic acids is 4. The highest BCUT2D eigenvalue weighted by molar-refractivity contribution is 6.23. The van der Waals surface area contributed by atoms with Crippen molar-refractivity contribution in [2.24, 2.45) is 23.7 Å². The van der Waals surface area contributed by atoms with Crippen molar-refractivity contribution in [2.75, 3.05) is 11.5 Å². The van der Waals surface area contributed by atoms with Crippen molar-refractivity contribution in [3.63, 3.8) is 0 Å². The van der Waals surface area contributed by atoms with E-state index in [-0.39, 0.29) is 52.3 Å². The third-order valence-electron chi connectivity index (χ3n) is 9.63. The number of nitro benzene ring substituents is 1. The van der Waals surface area contributed by atoms with Gasteiger partial charge in [-0.2, -0.15) is 0 Å². The number of imide groups is 1. The number of esters is 1. The van der Waals surface area contributed by atoms with Gasteiger partial charge in [-0.25, -0.2) is 9.78 Å².